The number of aliphatic carboxylic acids is 1. The number of carbonyl (C=O) groups is 1. The van der Waals surface area contributed by atoms with E-state index in [4.69, 9.17) is 33.0 Å². The molecule has 0 fully saturated rings. The molecule has 2 aromatic rings. The second kappa shape index (κ2) is 11.6. The van der Waals surface area contributed by atoms with E-state index >= 15 is 0 Å². The number of carboxylic acid groups (broad SMARTS) is 1. The predicted molar refractivity (Wildman–Crippen MR) is 137 cm³/mol. The van der Waals surface area contributed by atoms with Crippen LogP contribution < -0.4 is 10.1 Å². The van der Waals surface area contributed by atoms with Crippen LogP contribution in [0.4, 0.5) is 0 Å². The molecule has 1 unspecified atom stereocenters. The summed E-state index contributed by atoms with van der Waals surface area (Å²) in [6, 6.07) is 12.0. The maximum atomic E-state index is 11.1. The summed E-state index contributed by atoms with van der Waals surface area (Å²) in [4.78, 5) is 11.1. The third-order valence-corrected chi connectivity index (χ3v) is 7.22. The predicted octanol–water partition coefficient (Wildman–Crippen LogP) is 5.65. The number of β-amino-alcohol motifs (C(OH)–C–C–N with tert-alkyl or cyclic N) is 1. The highest BCUT2D eigenvalue weighted by molar-refractivity contribution is 6.43. The number of fused-ring (bicyclic) bond motifs is 1. The normalized spacial score (nSPS) is 15.6. The molecule has 34 heavy (non-hydrogen) atoms. The van der Waals surface area contributed by atoms with Gasteiger partial charge in [0.25, 0.3) is 0 Å². The lowest BCUT2D eigenvalue weighted by atomic mass is 9.88. The van der Waals surface area contributed by atoms with E-state index in [0.717, 1.165) is 19.3 Å². The van der Waals surface area contributed by atoms with E-state index in [1.165, 1.54) is 17.2 Å². The van der Waals surface area contributed by atoms with Crippen LogP contribution >= 0.6 is 23.2 Å². The molecule has 0 aromatic heterocycles. The summed E-state index contributed by atoms with van der Waals surface area (Å²) in [5.74, 6) is -0.474. The van der Waals surface area contributed by atoms with Gasteiger partial charge in [0.05, 0.1) is 11.4 Å². The van der Waals surface area contributed by atoms with Gasteiger partial charge in [-0.15, -0.1) is 6.58 Å². The van der Waals surface area contributed by atoms with E-state index in [-0.39, 0.29) is 28.6 Å². The van der Waals surface area contributed by atoms with Crippen molar-refractivity contribution in [2.24, 2.45) is 5.92 Å². The molecule has 0 radical (unpaired) electrons. The van der Waals surface area contributed by atoms with E-state index in [2.05, 4.69) is 50.0 Å². The zero-order valence-electron chi connectivity index (χ0n) is 19.7. The number of aliphatic hydroxyl groups excluding tert-OH is 1. The molecule has 0 amide bonds. The first kappa shape index (κ1) is 26.6. The lowest BCUT2D eigenvalue weighted by Crippen LogP contribution is -2.46. The molecule has 1 aliphatic carbocycles. The molecule has 1 aliphatic rings. The number of hydrogen-bond donors (Lipinski definition) is 3. The summed E-state index contributed by atoms with van der Waals surface area (Å²) in [5, 5.41) is 23.5. The maximum absolute atomic E-state index is 11.1. The number of ether oxygens (including phenoxy) is 1. The molecule has 2 atom stereocenters. The smallest absolute Gasteiger partial charge is 0.304 e. The van der Waals surface area contributed by atoms with Crippen LogP contribution in [0.25, 0.3) is 0 Å². The standard InChI is InChI=1S/C27H33Cl2NO4/c1-4-18(13-24(32)33)22-9-10-23(26(29)25(22)28)34-16-21(31)15-30-27(2,3)14-17-11-19-7-5-6-8-20(19)12-17/h4-10,17-18,21,30-31H,1,11-16H2,2-3H3,(H,32,33)/t18?,21-/m0/s1. The first-order chi connectivity index (χ1) is 16.1. The summed E-state index contributed by atoms with van der Waals surface area (Å²) in [6.07, 6.45) is 3.88. The lowest BCUT2D eigenvalue weighted by molar-refractivity contribution is -0.137. The van der Waals surface area contributed by atoms with E-state index in [0.29, 0.717) is 23.8 Å². The Morgan fingerprint density at radius 2 is 1.85 bits per heavy atom. The van der Waals surface area contributed by atoms with Crippen molar-refractivity contribution in [3.8, 4) is 5.75 Å². The zero-order valence-corrected chi connectivity index (χ0v) is 21.2. The van der Waals surface area contributed by atoms with Gasteiger partial charge < -0.3 is 20.3 Å². The number of aliphatic hydroxyl groups is 1. The number of allylic oxidation sites excluding steroid dienone is 1. The van der Waals surface area contributed by atoms with Crippen molar-refractivity contribution in [3.05, 3.63) is 75.8 Å². The molecule has 3 rings (SSSR count). The minimum Gasteiger partial charge on any atom is -0.489 e. The van der Waals surface area contributed by atoms with Crippen LogP contribution in [0.1, 0.15) is 49.3 Å². The number of hydrogen-bond acceptors (Lipinski definition) is 4. The van der Waals surface area contributed by atoms with E-state index in [9.17, 15) is 9.90 Å². The summed E-state index contributed by atoms with van der Waals surface area (Å²) >= 11 is 12.7. The highest BCUT2D eigenvalue weighted by atomic mass is 35.5. The van der Waals surface area contributed by atoms with Crippen molar-refractivity contribution in [1.82, 2.24) is 5.32 Å². The topological polar surface area (TPSA) is 78.8 Å². The van der Waals surface area contributed by atoms with Crippen LogP contribution in [-0.2, 0) is 17.6 Å². The van der Waals surface area contributed by atoms with Crippen LogP contribution in [-0.4, -0.2) is 41.0 Å². The molecular formula is C27H33Cl2NO4. The van der Waals surface area contributed by atoms with Gasteiger partial charge >= 0.3 is 5.97 Å². The fourth-order valence-electron chi connectivity index (χ4n) is 4.68. The van der Waals surface area contributed by atoms with E-state index in [1.54, 1.807) is 12.1 Å². The van der Waals surface area contributed by atoms with Crippen molar-refractivity contribution in [2.75, 3.05) is 13.2 Å². The lowest BCUT2D eigenvalue weighted by Gasteiger charge is -2.30. The molecule has 0 spiro atoms. The van der Waals surface area contributed by atoms with Gasteiger partial charge in [-0.25, -0.2) is 0 Å². The Hall–Kier alpha value is -2.05. The third-order valence-electron chi connectivity index (χ3n) is 6.34. The Bertz CT molecular complexity index is 999. The molecular weight excluding hydrogens is 473 g/mol. The van der Waals surface area contributed by atoms with Crippen molar-refractivity contribution < 1.29 is 19.7 Å². The molecule has 184 valence electrons. The molecule has 0 saturated carbocycles. The first-order valence-corrected chi connectivity index (χ1v) is 12.3. The number of halogens is 2. The van der Waals surface area contributed by atoms with Crippen molar-refractivity contribution in [3.63, 3.8) is 0 Å². The molecule has 0 aliphatic heterocycles. The third kappa shape index (κ3) is 6.98. The average molecular weight is 506 g/mol. The van der Waals surface area contributed by atoms with E-state index in [1.807, 2.05) is 0 Å². The first-order valence-electron chi connectivity index (χ1n) is 11.5. The molecule has 7 heteroatoms. The summed E-state index contributed by atoms with van der Waals surface area (Å²) in [7, 11) is 0. The number of benzene rings is 2. The monoisotopic (exact) mass is 505 g/mol. The Labute approximate surface area is 211 Å². The van der Waals surface area contributed by atoms with E-state index < -0.39 is 18.0 Å². The number of rotatable bonds is 12. The summed E-state index contributed by atoms with van der Waals surface area (Å²) in [5.41, 5.74) is 3.34. The molecule has 5 nitrogen and oxygen atoms in total. The summed E-state index contributed by atoms with van der Waals surface area (Å²) in [6.45, 7) is 8.44. The Morgan fingerprint density at radius 3 is 2.44 bits per heavy atom. The van der Waals surface area contributed by atoms with Gasteiger partial charge in [0.15, 0.2) is 0 Å². The minimum absolute atomic E-state index is 0.0490. The van der Waals surface area contributed by atoms with Crippen LogP contribution in [0.3, 0.4) is 0 Å². The highest BCUT2D eigenvalue weighted by Crippen LogP contribution is 2.39. The zero-order chi connectivity index (χ0) is 24.9. The fraction of sp³-hybridized carbons (Fsp3) is 0.444. The second-order valence-electron chi connectivity index (χ2n) is 9.70. The van der Waals surface area contributed by atoms with Gasteiger partial charge in [-0.1, -0.05) is 59.6 Å². The minimum atomic E-state index is -0.951. The highest BCUT2D eigenvalue weighted by Gasteiger charge is 2.28. The fourth-order valence-corrected chi connectivity index (χ4v) is 5.20. The van der Waals surface area contributed by atoms with Gasteiger partial charge in [-0.2, -0.15) is 0 Å². The van der Waals surface area contributed by atoms with Crippen molar-refractivity contribution in [1.29, 1.82) is 0 Å². The van der Waals surface area contributed by atoms with Gasteiger partial charge in [0.1, 0.15) is 23.5 Å². The van der Waals surface area contributed by atoms with Gasteiger partial charge in [0.2, 0.25) is 0 Å². The number of carboxylic acids is 1. The SMILES string of the molecule is C=CC(CC(=O)O)c1ccc(OC[C@@H](O)CNC(C)(C)CC2Cc3ccccc3C2)c(Cl)c1Cl. The van der Waals surface area contributed by atoms with Crippen LogP contribution in [0.5, 0.6) is 5.75 Å². The quantitative estimate of drug-likeness (QED) is 0.324. The molecule has 3 N–H and O–H groups in total. The largest absolute Gasteiger partial charge is 0.489 e. The van der Waals surface area contributed by atoms with Crippen molar-refractivity contribution >= 4 is 29.2 Å². The summed E-state index contributed by atoms with van der Waals surface area (Å²) < 4.78 is 5.72. The Balaban J connectivity index is 1.50. The average Bonchev–Trinajstić information content (AvgIpc) is 3.18. The van der Waals surface area contributed by atoms with Crippen molar-refractivity contribution in [2.45, 2.75) is 57.1 Å². The second-order valence-corrected chi connectivity index (χ2v) is 10.5. The van der Waals surface area contributed by atoms with Gasteiger partial charge in [0, 0.05) is 18.0 Å². The molecule has 0 saturated heterocycles. The van der Waals surface area contributed by atoms with Gasteiger partial charge in [-0.05, 0) is 61.8 Å². The molecule has 0 bridgehead atoms. The Morgan fingerprint density at radius 1 is 1.21 bits per heavy atom. The molecule has 2 aromatic carbocycles. The van der Waals surface area contributed by atoms with Gasteiger partial charge in [-0.3, -0.25) is 4.79 Å². The molecule has 0 heterocycles. The van der Waals surface area contributed by atoms with Crippen LogP contribution in [0.15, 0.2) is 49.1 Å². The van der Waals surface area contributed by atoms with Crippen LogP contribution in [0, 0.1) is 5.92 Å². The Kier molecular flexibility index (Phi) is 9.05. The maximum Gasteiger partial charge on any atom is 0.304 e. The van der Waals surface area contributed by atoms with Crippen LogP contribution in [0.2, 0.25) is 10.0 Å². The number of nitrogens with one attached hydrogen (secondary N) is 1.